The van der Waals surface area contributed by atoms with Crippen LogP contribution in [0.5, 0.6) is 0 Å². The Labute approximate surface area is 148 Å². The molecule has 25 heavy (non-hydrogen) atoms. The number of hydrogen-bond acceptors (Lipinski definition) is 4. The minimum atomic E-state index is -3.56. The average Bonchev–Trinajstić information content (AvgIpc) is 3.05. The van der Waals surface area contributed by atoms with E-state index in [0.717, 1.165) is 34.7 Å². The fourth-order valence-corrected chi connectivity index (χ4v) is 3.39. The Morgan fingerprint density at radius 2 is 2.08 bits per heavy atom. The first kappa shape index (κ1) is 19.0. The standard InChI is InChI=1S/C17H24N4O3S/c1-14-6-4-7-16(15(14)2)21(25(3,23)24)12-17(22)19-8-5-10-20-11-9-18-13-20/h4,6-7,9,11,13H,5,8,10,12H2,1-3H3,(H,19,22). The van der Waals surface area contributed by atoms with Crippen molar-refractivity contribution in [3.05, 3.63) is 48.0 Å². The number of carbonyl (C=O) groups is 1. The molecule has 1 amide bonds. The highest BCUT2D eigenvalue weighted by molar-refractivity contribution is 7.92. The summed E-state index contributed by atoms with van der Waals surface area (Å²) in [4.78, 5) is 16.1. The predicted octanol–water partition coefficient (Wildman–Crippen LogP) is 1.47. The molecular weight excluding hydrogens is 340 g/mol. The minimum absolute atomic E-state index is 0.228. The van der Waals surface area contributed by atoms with Crippen molar-refractivity contribution in [1.82, 2.24) is 14.9 Å². The zero-order valence-corrected chi connectivity index (χ0v) is 15.6. The molecule has 0 spiro atoms. The van der Waals surface area contributed by atoms with Crippen LogP contribution < -0.4 is 9.62 Å². The lowest BCUT2D eigenvalue weighted by atomic mass is 10.1. The summed E-state index contributed by atoms with van der Waals surface area (Å²) in [5.74, 6) is -0.322. The molecule has 1 aromatic carbocycles. The van der Waals surface area contributed by atoms with Crippen molar-refractivity contribution < 1.29 is 13.2 Å². The van der Waals surface area contributed by atoms with Crippen LogP contribution in [0, 0.1) is 13.8 Å². The summed E-state index contributed by atoms with van der Waals surface area (Å²) in [6.45, 7) is 4.75. The number of aromatic nitrogens is 2. The van der Waals surface area contributed by atoms with Crippen molar-refractivity contribution in [3.63, 3.8) is 0 Å². The smallest absolute Gasteiger partial charge is 0.240 e. The molecule has 0 radical (unpaired) electrons. The SMILES string of the molecule is Cc1cccc(N(CC(=O)NCCCn2ccnc2)S(C)(=O)=O)c1C. The van der Waals surface area contributed by atoms with Gasteiger partial charge < -0.3 is 9.88 Å². The normalized spacial score (nSPS) is 11.3. The molecule has 1 aromatic heterocycles. The molecule has 0 fully saturated rings. The Morgan fingerprint density at radius 1 is 1.32 bits per heavy atom. The van der Waals surface area contributed by atoms with E-state index in [0.29, 0.717) is 12.2 Å². The fourth-order valence-electron chi connectivity index (χ4n) is 2.48. The number of aryl methyl sites for hydroxylation is 2. The topological polar surface area (TPSA) is 84.3 Å². The van der Waals surface area contributed by atoms with E-state index in [1.54, 1.807) is 24.7 Å². The van der Waals surface area contributed by atoms with Gasteiger partial charge in [-0.2, -0.15) is 0 Å². The lowest BCUT2D eigenvalue weighted by Gasteiger charge is -2.24. The highest BCUT2D eigenvalue weighted by Gasteiger charge is 2.22. The van der Waals surface area contributed by atoms with Gasteiger partial charge in [0.25, 0.3) is 0 Å². The lowest BCUT2D eigenvalue weighted by molar-refractivity contribution is -0.119. The van der Waals surface area contributed by atoms with E-state index in [2.05, 4.69) is 10.3 Å². The maximum Gasteiger partial charge on any atom is 0.240 e. The maximum atomic E-state index is 12.2. The van der Waals surface area contributed by atoms with Gasteiger partial charge in [-0.15, -0.1) is 0 Å². The van der Waals surface area contributed by atoms with Crippen molar-refractivity contribution in [3.8, 4) is 0 Å². The number of hydrogen-bond donors (Lipinski definition) is 1. The molecule has 1 heterocycles. The van der Waals surface area contributed by atoms with Gasteiger partial charge in [0, 0.05) is 25.5 Å². The summed E-state index contributed by atoms with van der Waals surface area (Å²) in [5, 5.41) is 2.77. The third kappa shape index (κ3) is 5.32. The molecule has 2 rings (SSSR count). The van der Waals surface area contributed by atoms with Gasteiger partial charge in [-0.3, -0.25) is 9.10 Å². The zero-order chi connectivity index (χ0) is 18.4. The molecular formula is C17H24N4O3S. The van der Waals surface area contributed by atoms with Gasteiger partial charge in [0.1, 0.15) is 6.54 Å². The molecule has 0 aliphatic rings. The second-order valence-electron chi connectivity index (χ2n) is 5.99. The van der Waals surface area contributed by atoms with Crippen molar-refractivity contribution in [2.24, 2.45) is 0 Å². The van der Waals surface area contributed by atoms with Crippen LogP contribution in [0.1, 0.15) is 17.5 Å². The number of carbonyl (C=O) groups excluding carboxylic acids is 1. The molecule has 0 saturated heterocycles. The third-order valence-corrected chi connectivity index (χ3v) is 5.13. The zero-order valence-electron chi connectivity index (χ0n) is 14.8. The van der Waals surface area contributed by atoms with Crippen LogP contribution in [0.2, 0.25) is 0 Å². The Bertz CT molecular complexity index is 816. The van der Waals surface area contributed by atoms with Crippen molar-refractivity contribution >= 4 is 21.6 Å². The molecule has 136 valence electrons. The summed E-state index contributed by atoms with van der Waals surface area (Å²) in [7, 11) is -3.56. The van der Waals surface area contributed by atoms with E-state index < -0.39 is 10.0 Å². The fraction of sp³-hybridized carbons (Fsp3) is 0.412. The molecule has 0 bridgehead atoms. The molecule has 8 heteroatoms. The number of amides is 1. The Morgan fingerprint density at radius 3 is 2.72 bits per heavy atom. The first-order valence-corrected chi connectivity index (χ1v) is 9.90. The summed E-state index contributed by atoms with van der Waals surface area (Å²) in [6.07, 6.45) is 7.12. The van der Waals surface area contributed by atoms with Crippen LogP contribution in [0.4, 0.5) is 5.69 Å². The number of anilines is 1. The molecule has 1 N–H and O–H groups in total. The lowest BCUT2D eigenvalue weighted by Crippen LogP contribution is -2.41. The Balaban J connectivity index is 1.97. The molecule has 0 atom stereocenters. The van der Waals surface area contributed by atoms with Crippen LogP contribution in [0.15, 0.2) is 36.9 Å². The summed E-state index contributed by atoms with van der Waals surface area (Å²) in [5.41, 5.74) is 2.36. The van der Waals surface area contributed by atoms with E-state index >= 15 is 0 Å². The van der Waals surface area contributed by atoms with Crippen molar-refractivity contribution in [2.45, 2.75) is 26.8 Å². The number of rotatable bonds is 8. The number of nitrogens with one attached hydrogen (secondary N) is 1. The van der Waals surface area contributed by atoms with Crippen LogP contribution >= 0.6 is 0 Å². The van der Waals surface area contributed by atoms with Gasteiger partial charge in [0.2, 0.25) is 15.9 Å². The first-order valence-electron chi connectivity index (χ1n) is 8.05. The van der Waals surface area contributed by atoms with Crippen LogP contribution in [-0.4, -0.2) is 43.2 Å². The van der Waals surface area contributed by atoms with E-state index in [4.69, 9.17) is 0 Å². The van der Waals surface area contributed by atoms with Crippen molar-refractivity contribution in [2.75, 3.05) is 23.7 Å². The van der Waals surface area contributed by atoms with Gasteiger partial charge in [-0.1, -0.05) is 12.1 Å². The second kappa shape index (κ2) is 8.15. The number of nitrogens with zero attached hydrogens (tertiary/aromatic N) is 3. The number of imidazole rings is 1. The van der Waals surface area contributed by atoms with Gasteiger partial charge in [-0.05, 0) is 37.5 Å². The molecule has 7 nitrogen and oxygen atoms in total. The number of sulfonamides is 1. The summed E-state index contributed by atoms with van der Waals surface area (Å²) >= 11 is 0. The summed E-state index contributed by atoms with van der Waals surface area (Å²) < 4.78 is 27.4. The quantitative estimate of drug-likeness (QED) is 0.719. The third-order valence-electron chi connectivity index (χ3n) is 4.01. The highest BCUT2D eigenvalue weighted by Crippen LogP contribution is 2.24. The van der Waals surface area contributed by atoms with E-state index in [9.17, 15) is 13.2 Å². The van der Waals surface area contributed by atoms with E-state index in [1.165, 1.54) is 0 Å². The Kier molecular flexibility index (Phi) is 6.19. The molecule has 2 aromatic rings. The van der Waals surface area contributed by atoms with Crippen LogP contribution in [0.25, 0.3) is 0 Å². The summed E-state index contributed by atoms with van der Waals surface area (Å²) in [6, 6.07) is 5.42. The van der Waals surface area contributed by atoms with Gasteiger partial charge in [0.15, 0.2) is 0 Å². The monoisotopic (exact) mass is 364 g/mol. The van der Waals surface area contributed by atoms with Crippen LogP contribution in [0.3, 0.4) is 0 Å². The molecule has 0 aliphatic carbocycles. The first-order chi connectivity index (χ1) is 11.8. The van der Waals surface area contributed by atoms with E-state index in [-0.39, 0.29) is 12.5 Å². The molecule has 0 unspecified atom stereocenters. The van der Waals surface area contributed by atoms with Crippen LogP contribution in [-0.2, 0) is 21.4 Å². The van der Waals surface area contributed by atoms with E-state index in [1.807, 2.05) is 30.7 Å². The van der Waals surface area contributed by atoms with Gasteiger partial charge >= 0.3 is 0 Å². The average molecular weight is 364 g/mol. The second-order valence-corrected chi connectivity index (χ2v) is 7.90. The van der Waals surface area contributed by atoms with Crippen molar-refractivity contribution in [1.29, 1.82) is 0 Å². The maximum absolute atomic E-state index is 12.2. The highest BCUT2D eigenvalue weighted by atomic mass is 32.2. The minimum Gasteiger partial charge on any atom is -0.354 e. The Hall–Kier alpha value is -2.35. The number of benzene rings is 1. The molecule has 0 saturated carbocycles. The van der Waals surface area contributed by atoms with Gasteiger partial charge in [-0.25, -0.2) is 13.4 Å². The molecule has 0 aliphatic heterocycles. The predicted molar refractivity (Wildman–Crippen MR) is 98.0 cm³/mol. The van der Waals surface area contributed by atoms with Gasteiger partial charge in [0.05, 0.1) is 18.3 Å². The largest absolute Gasteiger partial charge is 0.354 e.